The first-order valence-corrected chi connectivity index (χ1v) is 6.10. The molecule has 0 spiro atoms. The molecule has 1 fully saturated rings. The molecule has 0 bridgehead atoms. The van der Waals surface area contributed by atoms with Gasteiger partial charge in [-0.3, -0.25) is 0 Å². The molecule has 1 N–H and O–H groups in total. The van der Waals surface area contributed by atoms with E-state index in [2.05, 4.69) is 5.32 Å². The Morgan fingerprint density at radius 3 is 2.81 bits per heavy atom. The molecule has 5 heteroatoms. The van der Waals surface area contributed by atoms with Gasteiger partial charge in [-0.25, -0.2) is 8.78 Å². The number of nitrogens with zero attached hydrogens (tertiary/aromatic N) is 1. The van der Waals surface area contributed by atoms with Crippen molar-refractivity contribution in [1.82, 2.24) is 0 Å². The minimum absolute atomic E-state index is 0.143. The summed E-state index contributed by atoms with van der Waals surface area (Å²) in [5.41, 5.74) is -0.118. The van der Waals surface area contributed by atoms with E-state index in [0.717, 1.165) is 17.9 Å². The fraction of sp³-hybridized carbons (Fsp3) is 0.364. The standard InChI is InChI=1S/C11H10F2N2S/c12-10-7(5-14)1-2-9(11(10)13)15-8-3-4-16-6-8/h1-2,8,15H,3-4,6H2. The van der Waals surface area contributed by atoms with Crippen molar-refractivity contribution in [3.05, 3.63) is 29.3 Å². The zero-order valence-electron chi connectivity index (χ0n) is 8.46. The smallest absolute Gasteiger partial charge is 0.183 e. The Balaban J connectivity index is 2.22. The average molecular weight is 240 g/mol. The van der Waals surface area contributed by atoms with Crippen LogP contribution in [-0.2, 0) is 0 Å². The third-order valence-corrected chi connectivity index (χ3v) is 3.65. The van der Waals surface area contributed by atoms with Gasteiger partial charge in [0.05, 0.1) is 11.3 Å². The summed E-state index contributed by atoms with van der Waals surface area (Å²) in [4.78, 5) is 0. The van der Waals surface area contributed by atoms with Gasteiger partial charge in [0.15, 0.2) is 11.6 Å². The van der Waals surface area contributed by atoms with Gasteiger partial charge in [-0.05, 0) is 24.3 Å². The predicted octanol–water partition coefficient (Wildman–Crippen LogP) is 2.75. The van der Waals surface area contributed by atoms with Crippen LogP contribution in [-0.4, -0.2) is 17.5 Å². The summed E-state index contributed by atoms with van der Waals surface area (Å²) < 4.78 is 26.8. The third-order valence-electron chi connectivity index (χ3n) is 2.49. The zero-order chi connectivity index (χ0) is 11.5. The van der Waals surface area contributed by atoms with E-state index in [0.29, 0.717) is 0 Å². The summed E-state index contributed by atoms with van der Waals surface area (Å²) in [7, 11) is 0. The van der Waals surface area contributed by atoms with Crippen LogP contribution in [0.25, 0.3) is 0 Å². The first-order valence-electron chi connectivity index (χ1n) is 4.94. The average Bonchev–Trinajstić information content (AvgIpc) is 2.78. The molecule has 1 heterocycles. The van der Waals surface area contributed by atoms with E-state index < -0.39 is 11.6 Å². The lowest BCUT2D eigenvalue weighted by molar-refractivity contribution is 0.507. The number of rotatable bonds is 2. The van der Waals surface area contributed by atoms with E-state index in [-0.39, 0.29) is 17.3 Å². The number of nitrogens with one attached hydrogen (secondary N) is 1. The van der Waals surface area contributed by atoms with E-state index in [1.807, 2.05) is 0 Å². The summed E-state index contributed by atoms with van der Waals surface area (Å²) in [6.45, 7) is 0. The molecular formula is C11H10F2N2S. The topological polar surface area (TPSA) is 35.8 Å². The number of nitriles is 1. The van der Waals surface area contributed by atoms with Gasteiger partial charge >= 0.3 is 0 Å². The lowest BCUT2D eigenvalue weighted by atomic mass is 10.1. The second-order valence-corrected chi connectivity index (χ2v) is 4.76. The highest BCUT2D eigenvalue weighted by molar-refractivity contribution is 7.99. The normalized spacial score (nSPS) is 19.4. The Bertz CT molecular complexity index is 436. The molecule has 2 nitrogen and oxygen atoms in total. The van der Waals surface area contributed by atoms with Crippen molar-refractivity contribution in [3.8, 4) is 6.07 Å². The maximum Gasteiger partial charge on any atom is 0.183 e. The van der Waals surface area contributed by atoms with Crippen molar-refractivity contribution < 1.29 is 8.78 Å². The van der Waals surface area contributed by atoms with Crippen LogP contribution in [0.3, 0.4) is 0 Å². The predicted molar refractivity (Wildman–Crippen MR) is 60.4 cm³/mol. The van der Waals surface area contributed by atoms with Crippen LogP contribution < -0.4 is 5.32 Å². The number of hydrogen-bond donors (Lipinski definition) is 1. The first kappa shape index (κ1) is 11.2. The van der Waals surface area contributed by atoms with E-state index in [1.165, 1.54) is 12.1 Å². The largest absolute Gasteiger partial charge is 0.379 e. The zero-order valence-corrected chi connectivity index (χ0v) is 9.28. The molecule has 16 heavy (non-hydrogen) atoms. The molecule has 1 unspecified atom stereocenters. The summed E-state index contributed by atoms with van der Waals surface area (Å²) in [5, 5.41) is 11.5. The van der Waals surface area contributed by atoms with Crippen molar-refractivity contribution in [2.45, 2.75) is 12.5 Å². The van der Waals surface area contributed by atoms with Gasteiger partial charge in [-0.2, -0.15) is 17.0 Å². The maximum absolute atomic E-state index is 13.5. The molecule has 1 saturated heterocycles. The Morgan fingerprint density at radius 2 is 2.19 bits per heavy atom. The molecule has 0 saturated carbocycles. The second kappa shape index (κ2) is 4.71. The van der Waals surface area contributed by atoms with Crippen LogP contribution in [0, 0.1) is 23.0 Å². The summed E-state index contributed by atoms with van der Waals surface area (Å²) in [5.74, 6) is -0.0897. The Morgan fingerprint density at radius 1 is 1.38 bits per heavy atom. The minimum Gasteiger partial charge on any atom is -0.379 e. The van der Waals surface area contributed by atoms with Crippen molar-refractivity contribution >= 4 is 17.4 Å². The van der Waals surface area contributed by atoms with Crippen LogP contribution in [0.2, 0.25) is 0 Å². The molecule has 84 valence electrons. The van der Waals surface area contributed by atoms with Crippen LogP contribution in [0.15, 0.2) is 12.1 Å². The number of anilines is 1. The molecule has 2 rings (SSSR count). The van der Waals surface area contributed by atoms with E-state index in [9.17, 15) is 8.78 Å². The van der Waals surface area contributed by atoms with Gasteiger partial charge in [-0.1, -0.05) is 0 Å². The molecule has 0 radical (unpaired) electrons. The van der Waals surface area contributed by atoms with Gasteiger partial charge in [-0.15, -0.1) is 0 Å². The molecule has 1 aliphatic rings. The number of benzene rings is 1. The number of thioether (sulfide) groups is 1. The minimum atomic E-state index is -1.07. The Kier molecular flexibility index (Phi) is 3.30. The summed E-state index contributed by atoms with van der Waals surface area (Å²) in [6.07, 6.45) is 0.950. The monoisotopic (exact) mass is 240 g/mol. The molecule has 1 aliphatic heterocycles. The molecule has 1 atom stereocenters. The molecule has 0 aromatic heterocycles. The number of hydrogen-bond acceptors (Lipinski definition) is 3. The molecule has 0 amide bonds. The Hall–Kier alpha value is -1.28. The van der Waals surface area contributed by atoms with Crippen molar-refractivity contribution in [2.24, 2.45) is 0 Å². The van der Waals surface area contributed by atoms with Crippen molar-refractivity contribution in [1.29, 1.82) is 5.26 Å². The second-order valence-electron chi connectivity index (χ2n) is 3.61. The van der Waals surface area contributed by atoms with E-state index in [4.69, 9.17) is 5.26 Å². The fourth-order valence-electron chi connectivity index (χ4n) is 1.62. The highest BCUT2D eigenvalue weighted by Crippen LogP contribution is 2.25. The molecular weight excluding hydrogens is 230 g/mol. The molecule has 1 aromatic carbocycles. The van der Waals surface area contributed by atoms with Crippen molar-refractivity contribution in [3.63, 3.8) is 0 Å². The van der Waals surface area contributed by atoms with Crippen molar-refractivity contribution in [2.75, 3.05) is 16.8 Å². The highest BCUT2D eigenvalue weighted by atomic mass is 32.2. The van der Waals surface area contributed by atoms with E-state index >= 15 is 0 Å². The first-order chi connectivity index (χ1) is 7.72. The van der Waals surface area contributed by atoms with Crippen LogP contribution in [0.5, 0.6) is 0 Å². The van der Waals surface area contributed by atoms with Gasteiger partial charge < -0.3 is 5.32 Å². The van der Waals surface area contributed by atoms with Crippen LogP contribution >= 0.6 is 11.8 Å². The van der Waals surface area contributed by atoms with Gasteiger partial charge in [0.2, 0.25) is 0 Å². The number of halogens is 2. The van der Waals surface area contributed by atoms with Gasteiger partial charge in [0, 0.05) is 11.8 Å². The summed E-state index contributed by atoms with van der Waals surface area (Å²) in [6, 6.07) is 4.51. The van der Waals surface area contributed by atoms with Gasteiger partial charge in [0.25, 0.3) is 0 Å². The lowest BCUT2D eigenvalue weighted by Gasteiger charge is -2.13. The Labute approximate surface area is 96.6 Å². The molecule has 1 aromatic rings. The fourth-order valence-corrected chi connectivity index (χ4v) is 2.77. The van der Waals surface area contributed by atoms with Gasteiger partial charge in [0.1, 0.15) is 6.07 Å². The quantitative estimate of drug-likeness (QED) is 0.863. The third kappa shape index (κ3) is 2.12. The SMILES string of the molecule is N#Cc1ccc(NC2CCSC2)c(F)c1F. The molecule has 0 aliphatic carbocycles. The lowest BCUT2D eigenvalue weighted by Crippen LogP contribution is -2.19. The highest BCUT2D eigenvalue weighted by Gasteiger charge is 2.19. The maximum atomic E-state index is 13.5. The van der Waals surface area contributed by atoms with Crippen LogP contribution in [0.1, 0.15) is 12.0 Å². The van der Waals surface area contributed by atoms with E-state index in [1.54, 1.807) is 17.8 Å². The summed E-state index contributed by atoms with van der Waals surface area (Å²) >= 11 is 1.79. The van der Waals surface area contributed by atoms with Crippen LogP contribution in [0.4, 0.5) is 14.5 Å².